The number of nitrogens with two attached hydrogens (primary N) is 1. The van der Waals surface area contributed by atoms with Crippen LogP contribution in [0.4, 0.5) is 0 Å². The normalized spacial score (nSPS) is 15.9. The molecule has 104 valence electrons. The molecule has 2 aromatic carbocycles. The van der Waals surface area contributed by atoms with E-state index < -0.39 is 0 Å². The Balaban J connectivity index is 1.86. The van der Waals surface area contributed by atoms with E-state index in [-0.39, 0.29) is 6.04 Å². The number of hydrogen-bond acceptors (Lipinski definition) is 2. The van der Waals surface area contributed by atoms with Gasteiger partial charge in [-0.1, -0.05) is 34.1 Å². The van der Waals surface area contributed by atoms with Gasteiger partial charge in [0.2, 0.25) is 0 Å². The van der Waals surface area contributed by atoms with Crippen LogP contribution >= 0.6 is 15.9 Å². The first-order valence-electron chi connectivity index (χ1n) is 6.91. The minimum Gasteiger partial charge on any atom is -0.490 e. The molecule has 1 aliphatic rings. The molecule has 1 saturated carbocycles. The topological polar surface area (TPSA) is 35.2 Å². The van der Waals surface area contributed by atoms with Crippen molar-refractivity contribution in [1.82, 2.24) is 0 Å². The highest BCUT2D eigenvalue weighted by molar-refractivity contribution is 9.10. The monoisotopic (exact) mass is 331 g/mol. The summed E-state index contributed by atoms with van der Waals surface area (Å²) in [4.78, 5) is 0. The molecule has 1 unspecified atom stereocenters. The highest BCUT2D eigenvalue weighted by atomic mass is 79.9. The summed E-state index contributed by atoms with van der Waals surface area (Å²) in [6, 6.07) is 14.3. The van der Waals surface area contributed by atoms with E-state index in [2.05, 4.69) is 53.2 Å². The van der Waals surface area contributed by atoms with Crippen molar-refractivity contribution in [3.8, 4) is 5.75 Å². The molecule has 2 aromatic rings. The first kappa shape index (κ1) is 13.7. The van der Waals surface area contributed by atoms with Gasteiger partial charge in [0.05, 0.1) is 12.1 Å². The quantitative estimate of drug-likeness (QED) is 0.904. The Kier molecular flexibility index (Phi) is 3.81. The summed E-state index contributed by atoms with van der Waals surface area (Å²) in [6.07, 6.45) is 2.75. The minimum absolute atomic E-state index is 0.131. The fourth-order valence-electron chi connectivity index (χ4n) is 2.30. The average molecular weight is 332 g/mol. The van der Waals surface area contributed by atoms with Crippen molar-refractivity contribution in [2.45, 2.75) is 31.9 Å². The van der Waals surface area contributed by atoms with Crippen LogP contribution in [0.3, 0.4) is 0 Å². The van der Waals surface area contributed by atoms with Crippen LogP contribution in [-0.2, 0) is 0 Å². The van der Waals surface area contributed by atoms with Gasteiger partial charge in [-0.15, -0.1) is 0 Å². The second-order valence-electron chi connectivity index (χ2n) is 5.43. The van der Waals surface area contributed by atoms with Gasteiger partial charge in [-0.05, 0) is 60.7 Å². The standard InChI is InChI=1S/C17H18BrNO/c1-11-7-13(9-14(18)8-11)17(19)12-3-2-4-16(10-12)20-15-5-6-15/h2-4,7-10,15,17H,5-6,19H2,1H3. The highest BCUT2D eigenvalue weighted by Crippen LogP contribution is 2.30. The lowest BCUT2D eigenvalue weighted by atomic mass is 9.98. The lowest BCUT2D eigenvalue weighted by Crippen LogP contribution is -2.12. The maximum absolute atomic E-state index is 6.39. The van der Waals surface area contributed by atoms with Gasteiger partial charge < -0.3 is 10.5 Å². The van der Waals surface area contributed by atoms with Crippen molar-refractivity contribution >= 4 is 15.9 Å². The van der Waals surface area contributed by atoms with E-state index in [1.807, 2.05) is 12.1 Å². The summed E-state index contributed by atoms with van der Waals surface area (Å²) in [5.74, 6) is 0.923. The maximum atomic E-state index is 6.39. The molecule has 0 amide bonds. The lowest BCUT2D eigenvalue weighted by molar-refractivity contribution is 0.303. The Morgan fingerprint density at radius 2 is 1.95 bits per heavy atom. The van der Waals surface area contributed by atoms with Gasteiger partial charge in [-0.25, -0.2) is 0 Å². The Hall–Kier alpha value is -1.32. The smallest absolute Gasteiger partial charge is 0.120 e. The van der Waals surface area contributed by atoms with E-state index in [0.29, 0.717) is 6.10 Å². The van der Waals surface area contributed by atoms with E-state index in [1.54, 1.807) is 0 Å². The first-order valence-corrected chi connectivity index (χ1v) is 7.70. The van der Waals surface area contributed by atoms with E-state index in [9.17, 15) is 0 Å². The van der Waals surface area contributed by atoms with Crippen LogP contribution in [0, 0.1) is 6.92 Å². The molecule has 1 fully saturated rings. The molecule has 2 nitrogen and oxygen atoms in total. The molecular weight excluding hydrogens is 314 g/mol. The van der Waals surface area contributed by atoms with Crippen LogP contribution in [0.1, 0.15) is 35.6 Å². The predicted octanol–water partition coefficient (Wildman–Crippen LogP) is 4.35. The molecule has 3 heteroatoms. The minimum atomic E-state index is -0.131. The van der Waals surface area contributed by atoms with Gasteiger partial charge in [0.1, 0.15) is 5.75 Å². The molecule has 1 aliphatic carbocycles. The summed E-state index contributed by atoms with van der Waals surface area (Å²) in [7, 11) is 0. The third-order valence-corrected chi connectivity index (χ3v) is 3.93. The van der Waals surface area contributed by atoms with E-state index in [4.69, 9.17) is 10.5 Å². The molecule has 0 radical (unpaired) electrons. The van der Waals surface area contributed by atoms with Gasteiger partial charge in [-0.3, -0.25) is 0 Å². The zero-order valence-electron chi connectivity index (χ0n) is 11.5. The number of ether oxygens (including phenoxy) is 1. The highest BCUT2D eigenvalue weighted by Gasteiger charge is 2.23. The summed E-state index contributed by atoms with van der Waals surface area (Å²) >= 11 is 3.53. The fraction of sp³-hybridized carbons (Fsp3) is 0.294. The summed E-state index contributed by atoms with van der Waals surface area (Å²) in [6.45, 7) is 2.08. The largest absolute Gasteiger partial charge is 0.490 e. The van der Waals surface area contributed by atoms with Crippen LogP contribution in [-0.4, -0.2) is 6.10 Å². The molecule has 0 heterocycles. The van der Waals surface area contributed by atoms with Crippen molar-refractivity contribution in [3.05, 3.63) is 63.6 Å². The Morgan fingerprint density at radius 1 is 1.15 bits per heavy atom. The third kappa shape index (κ3) is 3.22. The Bertz CT molecular complexity index is 602. The average Bonchev–Trinajstić information content (AvgIpc) is 3.21. The molecule has 20 heavy (non-hydrogen) atoms. The van der Waals surface area contributed by atoms with Crippen LogP contribution in [0.5, 0.6) is 5.75 Å². The second kappa shape index (κ2) is 5.58. The van der Waals surface area contributed by atoms with Gasteiger partial charge in [0.25, 0.3) is 0 Å². The number of aryl methyl sites for hydroxylation is 1. The first-order chi connectivity index (χ1) is 9.61. The van der Waals surface area contributed by atoms with Crippen molar-refractivity contribution < 1.29 is 4.74 Å². The number of hydrogen-bond donors (Lipinski definition) is 1. The SMILES string of the molecule is Cc1cc(Br)cc(C(N)c2cccc(OC3CC3)c2)c1. The Labute approximate surface area is 128 Å². The number of rotatable bonds is 4. The van der Waals surface area contributed by atoms with E-state index in [0.717, 1.165) is 21.3 Å². The fourth-order valence-corrected chi connectivity index (χ4v) is 2.92. The molecular formula is C17H18BrNO. The second-order valence-corrected chi connectivity index (χ2v) is 6.34. The molecule has 0 saturated heterocycles. The van der Waals surface area contributed by atoms with Gasteiger partial charge in [0, 0.05) is 4.47 Å². The molecule has 0 bridgehead atoms. The van der Waals surface area contributed by atoms with Crippen molar-refractivity contribution in [3.63, 3.8) is 0 Å². The Morgan fingerprint density at radius 3 is 2.65 bits per heavy atom. The van der Waals surface area contributed by atoms with E-state index in [1.165, 1.54) is 18.4 Å². The van der Waals surface area contributed by atoms with Gasteiger partial charge in [-0.2, -0.15) is 0 Å². The molecule has 0 aromatic heterocycles. The molecule has 0 spiro atoms. The van der Waals surface area contributed by atoms with Crippen LogP contribution in [0.15, 0.2) is 46.9 Å². The summed E-state index contributed by atoms with van der Waals surface area (Å²) < 4.78 is 6.90. The zero-order chi connectivity index (χ0) is 14.1. The van der Waals surface area contributed by atoms with Crippen molar-refractivity contribution in [1.29, 1.82) is 0 Å². The summed E-state index contributed by atoms with van der Waals surface area (Å²) in [5.41, 5.74) is 9.79. The third-order valence-electron chi connectivity index (χ3n) is 3.47. The van der Waals surface area contributed by atoms with Crippen molar-refractivity contribution in [2.24, 2.45) is 5.73 Å². The van der Waals surface area contributed by atoms with Crippen molar-refractivity contribution in [2.75, 3.05) is 0 Å². The summed E-state index contributed by atoms with van der Waals surface area (Å²) in [5, 5.41) is 0. The predicted molar refractivity (Wildman–Crippen MR) is 85.0 cm³/mol. The molecule has 3 rings (SSSR count). The number of benzene rings is 2. The van der Waals surface area contributed by atoms with Gasteiger partial charge >= 0.3 is 0 Å². The van der Waals surface area contributed by atoms with Crippen LogP contribution < -0.4 is 10.5 Å². The number of halogens is 1. The molecule has 2 N–H and O–H groups in total. The van der Waals surface area contributed by atoms with Gasteiger partial charge in [0.15, 0.2) is 0 Å². The molecule has 1 atom stereocenters. The maximum Gasteiger partial charge on any atom is 0.120 e. The van der Waals surface area contributed by atoms with Crippen LogP contribution in [0.2, 0.25) is 0 Å². The van der Waals surface area contributed by atoms with Crippen LogP contribution in [0.25, 0.3) is 0 Å². The lowest BCUT2D eigenvalue weighted by Gasteiger charge is -2.15. The zero-order valence-corrected chi connectivity index (χ0v) is 13.1. The molecule has 0 aliphatic heterocycles. The van der Waals surface area contributed by atoms with E-state index >= 15 is 0 Å².